The van der Waals surface area contributed by atoms with Crippen LogP contribution in [0.3, 0.4) is 0 Å². The molecule has 0 fully saturated rings. The van der Waals surface area contributed by atoms with Crippen molar-refractivity contribution in [2.24, 2.45) is 0 Å². The van der Waals surface area contributed by atoms with Crippen molar-refractivity contribution in [3.63, 3.8) is 0 Å². The van der Waals surface area contributed by atoms with Crippen molar-refractivity contribution in [2.75, 3.05) is 7.11 Å². The lowest BCUT2D eigenvalue weighted by Crippen LogP contribution is -1.99. The summed E-state index contributed by atoms with van der Waals surface area (Å²) in [6.45, 7) is 0. The molecule has 0 atom stereocenters. The van der Waals surface area contributed by atoms with Crippen molar-refractivity contribution >= 4 is 11.9 Å². The molecule has 0 radical (unpaired) electrons. The molecular weight excluding hydrogens is 220 g/mol. The summed E-state index contributed by atoms with van der Waals surface area (Å²) in [6, 6.07) is 0. The molecule has 1 N–H and O–H groups in total. The first kappa shape index (κ1) is 15.7. The summed E-state index contributed by atoms with van der Waals surface area (Å²) in [5.74, 6) is -0.925. The predicted octanol–water partition coefficient (Wildman–Crippen LogP) is 2.92. The minimum Gasteiger partial charge on any atom is -0.481 e. The highest BCUT2D eigenvalue weighted by molar-refractivity contribution is 5.69. The van der Waals surface area contributed by atoms with Crippen LogP contribution < -0.4 is 0 Å². The Hall–Kier alpha value is -1.32. The third-order valence-electron chi connectivity index (χ3n) is 2.44. The number of ether oxygens (including phenoxy) is 1. The number of rotatable bonds is 10. The molecule has 0 aromatic heterocycles. The van der Waals surface area contributed by atoms with Crippen LogP contribution in [-0.4, -0.2) is 24.2 Å². The summed E-state index contributed by atoms with van der Waals surface area (Å²) in [5.41, 5.74) is 0. The molecule has 0 aromatic carbocycles. The molecule has 0 bridgehead atoms. The highest BCUT2D eigenvalue weighted by Crippen LogP contribution is 2.08. The van der Waals surface area contributed by atoms with Crippen LogP contribution in [0.2, 0.25) is 0 Å². The van der Waals surface area contributed by atoms with Crippen LogP contribution in [0.15, 0.2) is 12.2 Å². The van der Waals surface area contributed by atoms with Gasteiger partial charge in [-0.3, -0.25) is 9.59 Å². The summed E-state index contributed by atoms with van der Waals surface area (Å²) in [4.78, 5) is 21.0. The number of allylic oxidation sites excluding steroid dienone is 1. The number of carboxylic acid groups (broad SMARTS) is 1. The van der Waals surface area contributed by atoms with Gasteiger partial charge >= 0.3 is 11.9 Å². The molecule has 0 aliphatic heterocycles. The fourth-order valence-corrected chi connectivity index (χ4v) is 1.47. The van der Waals surface area contributed by atoms with E-state index in [1.54, 1.807) is 6.08 Å². The normalized spacial score (nSPS) is 10.6. The summed E-state index contributed by atoms with van der Waals surface area (Å²) >= 11 is 0. The number of hydrogen-bond acceptors (Lipinski definition) is 3. The Morgan fingerprint density at radius 1 is 1.06 bits per heavy atom. The highest BCUT2D eigenvalue weighted by atomic mass is 16.5. The molecule has 4 heteroatoms. The average molecular weight is 242 g/mol. The number of hydrogen-bond donors (Lipinski definition) is 1. The number of unbranched alkanes of at least 4 members (excludes halogenated alkanes) is 5. The van der Waals surface area contributed by atoms with Crippen molar-refractivity contribution < 1.29 is 19.4 Å². The predicted molar refractivity (Wildman–Crippen MR) is 65.7 cm³/mol. The maximum atomic E-state index is 10.8. The monoisotopic (exact) mass is 242 g/mol. The van der Waals surface area contributed by atoms with E-state index in [-0.39, 0.29) is 12.4 Å². The van der Waals surface area contributed by atoms with E-state index in [4.69, 9.17) is 5.11 Å². The second-order valence-corrected chi connectivity index (χ2v) is 3.95. The summed E-state index contributed by atoms with van der Waals surface area (Å²) in [6.07, 6.45) is 10.4. The zero-order chi connectivity index (χ0) is 12.9. The maximum Gasteiger partial charge on any atom is 0.307 e. The molecule has 0 aliphatic carbocycles. The summed E-state index contributed by atoms with van der Waals surface area (Å²) in [7, 11) is 1.41. The number of carbonyl (C=O) groups excluding carboxylic acids is 1. The molecule has 0 spiro atoms. The number of carboxylic acids is 1. The fraction of sp³-hybridized carbons (Fsp3) is 0.692. The molecule has 0 unspecified atom stereocenters. The lowest BCUT2D eigenvalue weighted by molar-refractivity contribution is -0.140. The van der Waals surface area contributed by atoms with Gasteiger partial charge in [-0.15, -0.1) is 0 Å². The first-order valence-electron chi connectivity index (χ1n) is 6.10. The van der Waals surface area contributed by atoms with E-state index < -0.39 is 5.97 Å². The van der Waals surface area contributed by atoms with Crippen LogP contribution in [0, 0.1) is 0 Å². The van der Waals surface area contributed by atoms with Gasteiger partial charge in [-0.2, -0.15) is 0 Å². The van der Waals surface area contributed by atoms with Crippen molar-refractivity contribution in [2.45, 2.75) is 51.4 Å². The zero-order valence-electron chi connectivity index (χ0n) is 10.5. The van der Waals surface area contributed by atoms with Crippen LogP contribution in [0.5, 0.6) is 0 Å². The zero-order valence-corrected chi connectivity index (χ0v) is 10.5. The average Bonchev–Trinajstić information content (AvgIpc) is 2.30. The molecule has 0 rings (SSSR count). The van der Waals surface area contributed by atoms with Gasteiger partial charge in [0.1, 0.15) is 0 Å². The van der Waals surface area contributed by atoms with E-state index >= 15 is 0 Å². The lowest BCUT2D eigenvalue weighted by Gasteiger charge is -1.99. The van der Waals surface area contributed by atoms with Gasteiger partial charge in [0, 0.05) is 6.42 Å². The van der Waals surface area contributed by atoms with E-state index in [9.17, 15) is 9.59 Å². The van der Waals surface area contributed by atoms with Gasteiger partial charge < -0.3 is 9.84 Å². The van der Waals surface area contributed by atoms with Gasteiger partial charge in [-0.25, -0.2) is 0 Å². The first-order valence-corrected chi connectivity index (χ1v) is 6.10. The van der Waals surface area contributed by atoms with E-state index in [0.717, 1.165) is 38.5 Å². The fourth-order valence-electron chi connectivity index (χ4n) is 1.47. The molecule has 0 aromatic rings. The molecule has 98 valence electrons. The number of aliphatic carboxylic acids is 1. The Kier molecular flexibility index (Phi) is 10.3. The van der Waals surface area contributed by atoms with Gasteiger partial charge in [0.2, 0.25) is 0 Å². The van der Waals surface area contributed by atoms with Gasteiger partial charge in [0.15, 0.2) is 0 Å². The standard InChI is InChI=1S/C13H22O4/c1-17-13(16)11-9-7-5-3-2-4-6-8-10-12(14)15/h6,8H,2-5,7,9-11H2,1H3,(H,14,15)/b8-6+. The Labute approximate surface area is 103 Å². The second-order valence-electron chi connectivity index (χ2n) is 3.95. The molecule has 0 saturated carbocycles. The molecule has 0 heterocycles. The van der Waals surface area contributed by atoms with Crippen LogP contribution in [-0.2, 0) is 14.3 Å². The van der Waals surface area contributed by atoms with Crippen molar-refractivity contribution in [3.8, 4) is 0 Å². The number of carbonyl (C=O) groups is 2. The van der Waals surface area contributed by atoms with E-state index in [0.29, 0.717) is 6.42 Å². The van der Waals surface area contributed by atoms with Crippen LogP contribution in [0.25, 0.3) is 0 Å². The smallest absolute Gasteiger partial charge is 0.307 e. The quantitative estimate of drug-likeness (QED) is 0.363. The Morgan fingerprint density at radius 3 is 2.35 bits per heavy atom. The lowest BCUT2D eigenvalue weighted by atomic mass is 10.1. The van der Waals surface area contributed by atoms with Gasteiger partial charge in [-0.05, 0) is 19.3 Å². The van der Waals surface area contributed by atoms with Crippen LogP contribution >= 0.6 is 0 Å². The Morgan fingerprint density at radius 2 is 1.71 bits per heavy atom. The first-order chi connectivity index (χ1) is 8.16. The highest BCUT2D eigenvalue weighted by Gasteiger charge is 1.98. The Bertz CT molecular complexity index is 246. The summed E-state index contributed by atoms with van der Waals surface area (Å²) in [5, 5.41) is 8.39. The van der Waals surface area contributed by atoms with Crippen molar-refractivity contribution in [1.82, 2.24) is 0 Å². The SMILES string of the molecule is COC(=O)CCCCCCC/C=C/CC(=O)O. The molecule has 0 aliphatic rings. The van der Waals surface area contributed by atoms with Gasteiger partial charge in [0.25, 0.3) is 0 Å². The minimum absolute atomic E-state index is 0.110. The van der Waals surface area contributed by atoms with Crippen molar-refractivity contribution in [1.29, 1.82) is 0 Å². The molecular formula is C13H22O4. The van der Waals surface area contributed by atoms with E-state index in [2.05, 4.69) is 4.74 Å². The third kappa shape index (κ3) is 12.6. The Balaban J connectivity index is 3.16. The molecule has 0 amide bonds. The molecule has 4 nitrogen and oxygen atoms in total. The number of esters is 1. The largest absolute Gasteiger partial charge is 0.481 e. The summed E-state index contributed by atoms with van der Waals surface area (Å²) < 4.78 is 4.55. The number of methoxy groups -OCH3 is 1. The van der Waals surface area contributed by atoms with Crippen LogP contribution in [0.4, 0.5) is 0 Å². The third-order valence-corrected chi connectivity index (χ3v) is 2.44. The topological polar surface area (TPSA) is 63.6 Å². The van der Waals surface area contributed by atoms with E-state index in [1.807, 2.05) is 6.08 Å². The maximum absolute atomic E-state index is 10.8. The second kappa shape index (κ2) is 11.2. The molecule has 17 heavy (non-hydrogen) atoms. The van der Waals surface area contributed by atoms with Crippen molar-refractivity contribution in [3.05, 3.63) is 12.2 Å². The van der Waals surface area contributed by atoms with Gasteiger partial charge in [0.05, 0.1) is 13.5 Å². The molecule has 0 saturated heterocycles. The van der Waals surface area contributed by atoms with Crippen LogP contribution in [0.1, 0.15) is 51.4 Å². The van der Waals surface area contributed by atoms with E-state index in [1.165, 1.54) is 7.11 Å². The minimum atomic E-state index is -0.788. The van der Waals surface area contributed by atoms with Gasteiger partial charge in [-0.1, -0.05) is 31.4 Å².